The number of fused-ring (bicyclic) bond motifs is 1. The molecule has 1 aromatic heterocycles. The molecule has 0 aliphatic carbocycles. The van der Waals surface area contributed by atoms with Gasteiger partial charge in [-0.25, -0.2) is 0 Å². The minimum atomic E-state index is -0.170. The molecule has 0 spiro atoms. The molecular weight excluding hydrogens is 250 g/mol. The fourth-order valence-corrected chi connectivity index (χ4v) is 1.91. The van der Waals surface area contributed by atoms with E-state index in [0.717, 1.165) is 5.39 Å². The van der Waals surface area contributed by atoms with Crippen molar-refractivity contribution in [2.75, 3.05) is 0 Å². The normalized spacial score (nSPS) is 10.7. The summed E-state index contributed by atoms with van der Waals surface area (Å²) in [6, 6.07) is 14.0. The van der Waals surface area contributed by atoms with Gasteiger partial charge in [0.2, 0.25) is 5.78 Å². The van der Waals surface area contributed by atoms with Crippen LogP contribution in [0.2, 0.25) is 5.02 Å². The lowest BCUT2D eigenvalue weighted by Crippen LogP contribution is -2.01. The SMILES string of the molecule is O=C(c1ccc(Cl)cc1)c1noc2ccccc12. The maximum atomic E-state index is 12.3. The van der Waals surface area contributed by atoms with Gasteiger partial charge in [0.05, 0.1) is 5.39 Å². The smallest absolute Gasteiger partial charge is 0.215 e. The predicted octanol–water partition coefficient (Wildman–Crippen LogP) is 3.71. The van der Waals surface area contributed by atoms with Crippen LogP contribution in [0.15, 0.2) is 53.1 Å². The van der Waals surface area contributed by atoms with Crippen LogP contribution in [-0.2, 0) is 0 Å². The van der Waals surface area contributed by atoms with Gasteiger partial charge in [0.15, 0.2) is 11.3 Å². The van der Waals surface area contributed by atoms with Crippen molar-refractivity contribution in [1.29, 1.82) is 0 Å². The number of aromatic nitrogens is 1. The van der Waals surface area contributed by atoms with Crippen LogP contribution in [0.3, 0.4) is 0 Å². The molecule has 0 atom stereocenters. The van der Waals surface area contributed by atoms with Crippen molar-refractivity contribution in [3.63, 3.8) is 0 Å². The highest BCUT2D eigenvalue weighted by molar-refractivity contribution is 6.30. The van der Waals surface area contributed by atoms with Gasteiger partial charge < -0.3 is 4.52 Å². The van der Waals surface area contributed by atoms with Crippen LogP contribution in [0.25, 0.3) is 11.0 Å². The van der Waals surface area contributed by atoms with Gasteiger partial charge in [-0.05, 0) is 36.4 Å². The van der Waals surface area contributed by atoms with Crippen molar-refractivity contribution in [1.82, 2.24) is 5.16 Å². The zero-order chi connectivity index (χ0) is 12.5. The molecule has 0 N–H and O–H groups in total. The van der Waals surface area contributed by atoms with Gasteiger partial charge in [0, 0.05) is 10.6 Å². The van der Waals surface area contributed by atoms with Crippen molar-refractivity contribution in [2.24, 2.45) is 0 Å². The number of hydrogen-bond donors (Lipinski definition) is 0. The van der Waals surface area contributed by atoms with E-state index in [1.807, 2.05) is 18.2 Å². The summed E-state index contributed by atoms with van der Waals surface area (Å²) in [6.45, 7) is 0. The van der Waals surface area contributed by atoms with Gasteiger partial charge in [0.1, 0.15) is 0 Å². The summed E-state index contributed by atoms with van der Waals surface area (Å²) in [5.74, 6) is -0.170. The van der Waals surface area contributed by atoms with E-state index in [1.165, 1.54) is 0 Å². The molecule has 18 heavy (non-hydrogen) atoms. The lowest BCUT2D eigenvalue weighted by molar-refractivity contribution is 0.103. The Morgan fingerprint density at radius 3 is 2.56 bits per heavy atom. The zero-order valence-electron chi connectivity index (χ0n) is 9.26. The maximum Gasteiger partial charge on any atom is 0.215 e. The van der Waals surface area contributed by atoms with Gasteiger partial charge in [-0.3, -0.25) is 4.79 Å². The van der Waals surface area contributed by atoms with Crippen molar-refractivity contribution >= 4 is 28.4 Å². The van der Waals surface area contributed by atoms with E-state index in [1.54, 1.807) is 30.3 Å². The maximum absolute atomic E-state index is 12.3. The molecule has 88 valence electrons. The topological polar surface area (TPSA) is 43.1 Å². The molecule has 1 heterocycles. The Labute approximate surface area is 108 Å². The molecule has 4 heteroatoms. The van der Waals surface area contributed by atoms with Crippen molar-refractivity contribution < 1.29 is 9.32 Å². The van der Waals surface area contributed by atoms with Crippen molar-refractivity contribution in [3.8, 4) is 0 Å². The highest BCUT2D eigenvalue weighted by Gasteiger charge is 2.17. The minimum absolute atomic E-state index is 0.170. The number of carbonyl (C=O) groups excluding carboxylic acids is 1. The molecule has 2 aromatic carbocycles. The highest BCUT2D eigenvalue weighted by Crippen LogP contribution is 2.21. The number of ketones is 1. The quantitative estimate of drug-likeness (QED) is 0.657. The Hall–Kier alpha value is -2.13. The minimum Gasteiger partial charge on any atom is -0.356 e. The van der Waals surface area contributed by atoms with Crippen LogP contribution in [0.4, 0.5) is 0 Å². The average Bonchev–Trinajstić information content (AvgIpc) is 2.82. The van der Waals surface area contributed by atoms with E-state index in [0.29, 0.717) is 21.9 Å². The third kappa shape index (κ3) is 1.79. The van der Waals surface area contributed by atoms with Crippen LogP contribution < -0.4 is 0 Å². The van der Waals surface area contributed by atoms with E-state index in [2.05, 4.69) is 5.16 Å². The van der Waals surface area contributed by atoms with Gasteiger partial charge in [0.25, 0.3) is 0 Å². The Kier molecular flexibility index (Phi) is 2.61. The van der Waals surface area contributed by atoms with E-state index < -0.39 is 0 Å². The molecule has 0 saturated heterocycles. The summed E-state index contributed by atoms with van der Waals surface area (Å²) < 4.78 is 5.12. The number of benzene rings is 2. The van der Waals surface area contributed by atoms with Crippen LogP contribution in [-0.4, -0.2) is 10.9 Å². The van der Waals surface area contributed by atoms with Gasteiger partial charge in [-0.1, -0.05) is 28.9 Å². The Morgan fingerprint density at radius 1 is 1.06 bits per heavy atom. The molecule has 3 rings (SSSR count). The predicted molar refractivity (Wildman–Crippen MR) is 68.9 cm³/mol. The number of nitrogens with zero attached hydrogens (tertiary/aromatic N) is 1. The summed E-state index contributed by atoms with van der Waals surface area (Å²) in [5.41, 5.74) is 1.47. The second-order valence-electron chi connectivity index (χ2n) is 3.86. The van der Waals surface area contributed by atoms with E-state index in [9.17, 15) is 4.79 Å². The van der Waals surface area contributed by atoms with Gasteiger partial charge >= 0.3 is 0 Å². The molecule has 0 fully saturated rings. The fraction of sp³-hybridized carbons (Fsp3) is 0. The molecule has 0 amide bonds. The van der Waals surface area contributed by atoms with Crippen molar-refractivity contribution in [3.05, 3.63) is 64.8 Å². The molecule has 0 unspecified atom stereocenters. The molecule has 3 aromatic rings. The molecular formula is C14H8ClNO2. The van der Waals surface area contributed by atoms with Crippen LogP contribution >= 0.6 is 11.6 Å². The first-order chi connectivity index (χ1) is 8.75. The average molecular weight is 258 g/mol. The first-order valence-corrected chi connectivity index (χ1v) is 5.78. The number of rotatable bonds is 2. The van der Waals surface area contributed by atoms with E-state index in [4.69, 9.17) is 16.1 Å². The fourth-order valence-electron chi connectivity index (χ4n) is 1.79. The lowest BCUT2D eigenvalue weighted by Gasteiger charge is -1.97. The molecule has 0 bridgehead atoms. The summed E-state index contributed by atoms with van der Waals surface area (Å²) >= 11 is 5.79. The monoisotopic (exact) mass is 257 g/mol. The summed E-state index contributed by atoms with van der Waals surface area (Å²) in [4.78, 5) is 12.3. The molecule has 0 aliphatic rings. The Morgan fingerprint density at radius 2 is 1.78 bits per heavy atom. The molecule has 0 aliphatic heterocycles. The standard InChI is InChI=1S/C14H8ClNO2/c15-10-7-5-9(6-8-10)14(17)13-11-3-1-2-4-12(11)18-16-13/h1-8H. The van der Waals surface area contributed by atoms with E-state index >= 15 is 0 Å². The molecule has 3 nitrogen and oxygen atoms in total. The number of carbonyl (C=O) groups is 1. The second-order valence-corrected chi connectivity index (χ2v) is 4.30. The summed E-state index contributed by atoms with van der Waals surface area (Å²) in [6.07, 6.45) is 0. The highest BCUT2D eigenvalue weighted by atomic mass is 35.5. The first-order valence-electron chi connectivity index (χ1n) is 5.40. The number of para-hydroxylation sites is 1. The number of hydrogen-bond acceptors (Lipinski definition) is 3. The molecule has 0 radical (unpaired) electrons. The Bertz CT molecular complexity index is 716. The summed E-state index contributed by atoms with van der Waals surface area (Å²) in [5, 5.41) is 5.15. The van der Waals surface area contributed by atoms with Crippen LogP contribution in [0.5, 0.6) is 0 Å². The van der Waals surface area contributed by atoms with Crippen LogP contribution in [0, 0.1) is 0 Å². The van der Waals surface area contributed by atoms with E-state index in [-0.39, 0.29) is 5.78 Å². The van der Waals surface area contributed by atoms with Crippen molar-refractivity contribution in [2.45, 2.75) is 0 Å². The lowest BCUT2D eigenvalue weighted by atomic mass is 10.1. The van der Waals surface area contributed by atoms with Gasteiger partial charge in [-0.2, -0.15) is 0 Å². The second kappa shape index (κ2) is 4.27. The van der Waals surface area contributed by atoms with Crippen LogP contribution in [0.1, 0.15) is 16.1 Å². The third-order valence-electron chi connectivity index (χ3n) is 2.70. The third-order valence-corrected chi connectivity index (χ3v) is 2.95. The largest absolute Gasteiger partial charge is 0.356 e. The first kappa shape index (κ1) is 11.0. The summed E-state index contributed by atoms with van der Waals surface area (Å²) in [7, 11) is 0. The number of halogens is 1. The van der Waals surface area contributed by atoms with Gasteiger partial charge in [-0.15, -0.1) is 0 Å². The zero-order valence-corrected chi connectivity index (χ0v) is 10.0. The molecule has 0 saturated carbocycles. The Balaban J connectivity index is 2.09.